The molecular formula is C49H79N15O14. The molecule has 1 aliphatic rings. The largest absolute Gasteiger partial charge is 0.480 e. The number of carboxylic acid groups (broad SMARTS) is 1. The van der Waals surface area contributed by atoms with Crippen LogP contribution in [0.25, 0.3) is 0 Å². The zero-order valence-electron chi connectivity index (χ0n) is 45.1. The van der Waals surface area contributed by atoms with Crippen LogP contribution in [0.15, 0.2) is 25.0 Å². The molecule has 0 aromatic carbocycles. The average molecular weight is 1100 g/mol. The van der Waals surface area contributed by atoms with Crippen LogP contribution in [0.1, 0.15) is 105 Å². The maximum atomic E-state index is 14.3. The molecule has 78 heavy (non-hydrogen) atoms. The first-order chi connectivity index (χ1) is 36.9. The van der Waals surface area contributed by atoms with E-state index < -0.39 is 139 Å². The van der Waals surface area contributed by atoms with Gasteiger partial charge in [-0.2, -0.15) is 0 Å². The lowest BCUT2D eigenvalue weighted by Gasteiger charge is -2.29. The Balaban J connectivity index is 1.80. The van der Waals surface area contributed by atoms with E-state index in [2.05, 4.69) is 73.1 Å². The Morgan fingerprint density at radius 1 is 0.590 bits per heavy atom. The van der Waals surface area contributed by atoms with E-state index in [0.29, 0.717) is 30.8 Å². The topological polar surface area (TPSA) is 452 Å². The van der Waals surface area contributed by atoms with Crippen LogP contribution in [0, 0.1) is 17.8 Å². The highest BCUT2D eigenvalue weighted by Crippen LogP contribution is 2.14. The molecule has 10 amide bonds. The molecule has 0 radical (unpaired) electrons. The van der Waals surface area contributed by atoms with Crippen LogP contribution in [0.4, 0.5) is 0 Å². The van der Waals surface area contributed by atoms with E-state index in [4.69, 9.17) is 5.73 Å². The van der Waals surface area contributed by atoms with Gasteiger partial charge in [-0.15, -0.1) is 0 Å². The summed E-state index contributed by atoms with van der Waals surface area (Å²) in [6.07, 6.45) is 6.26. The minimum Gasteiger partial charge on any atom is -0.480 e. The fourth-order valence-corrected chi connectivity index (χ4v) is 8.16. The Labute approximate surface area is 451 Å². The Kier molecular flexibility index (Phi) is 26.8. The number of carbonyl (C=O) groups is 11. The van der Waals surface area contributed by atoms with Crippen molar-refractivity contribution in [3.05, 3.63) is 36.4 Å². The number of carbonyl (C=O) groups excluding carboxylic acids is 10. The highest BCUT2D eigenvalue weighted by molar-refractivity contribution is 5.98. The van der Waals surface area contributed by atoms with Gasteiger partial charge in [-0.1, -0.05) is 48.0 Å². The molecule has 0 unspecified atom stereocenters. The minimum absolute atomic E-state index is 0.0327. The quantitative estimate of drug-likeness (QED) is 0.0314. The van der Waals surface area contributed by atoms with Crippen LogP contribution in [-0.2, 0) is 65.6 Å². The summed E-state index contributed by atoms with van der Waals surface area (Å²) in [5.74, 6) is -10.8. The van der Waals surface area contributed by atoms with Gasteiger partial charge in [0.1, 0.15) is 54.4 Å². The number of primary amides is 1. The van der Waals surface area contributed by atoms with Crippen LogP contribution >= 0.6 is 0 Å². The minimum atomic E-state index is -1.70. The lowest BCUT2D eigenvalue weighted by atomic mass is 9.97. The number of aliphatic hydroxyl groups excluding tert-OH is 2. The number of amides is 10. The number of nitrogens with zero attached hydrogens (tertiary/aromatic N) is 2. The van der Waals surface area contributed by atoms with E-state index in [0.717, 1.165) is 6.42 Å². The second-order valence-corrected chi connectivity index (χ2v) is 20.2. The van der Waals surface area contributed by atoms with Gasteiger partial charge in [0.2, 0.25) is 59.1 Å². The van der Waals surface area contributed by atoms with Gasteiger partial charge in [-0.05, 0) is 63.3 Å². The molecule has 2 aromatic heterocycles. The molecule has 1 aliphatic heterocycles. The van der Waals surface area contributed by atoms with Crippen molar-refractivity contribution in [2.24, 2.45) is 23.5 Å². The maximum Gasteiger partial charge on any atom is 0.328 e. The van der Waals surface area contributed by atoms with Crippen molar-refractivity contribution in [3.63, 3.8) is 0 Å². The monoisotopic (exact) mass is 1100 g/mol. The molecule has 3 heterocycles. The summed E-state index contributed by atoms with van der Waals surface area (Å²) in [6, 6.07) is -13.4. The average Bonchev–Trinajstić information content (AvgIpc) is 4.22. The molecule has 434 valence electrons. The van der Waals surface area contributed by atoms with E-state index in [1.807, 2.05) is 13.8 Å². The fraction of sp³-hybridized carbons (Fsp3) is 0.653. The van der Waals surface area contributed by atoms with Crippen LogP contribution in [0.3, 0.4) is 0 Å². The second-order valence-electron chi connectivity index (χ2n) is 20.2. The summed E-state index contributed by atoms with van der Waals surface area (Å²) in [6.45, 7) is 10.5. The fourth-order valence-electron chi connectivity index (χ4n) is 8.16. The molecule has 0 aliphatic carbocycles. The number of nitrogens with two attached hydrogens (primary N) is 1. The Hall–Kier alpha value is -7.53. The van der Waals surface area contributed by atoms with Crippen LogP contribution < -0.4 is 58.9 Å². The normalized spacial score (nSPS) is 17.0. The molecule has 29 nitrogen and oxygen atoms in total. The summed E-state index contributed by atoms with van der Waals surface area (Å²) in [5.41, 5.74) is 6.10. The van der Waals surface area contributed by atoms with Gasteiger partial charge in [-0.3, -0.25) is 47.9 Å². The Bertz CT molecular complexity index is 2330. The molecule has 29 heteroatoms. The summed E-state index contributed by atoms with van der Waals surface area (Å²) >= 11 is 0. The molecule has 11 atom stereocenters. The van der Waals surface area contributed by atoms with Crippen LogP contribution in [0.2, 0.25) is 0 Å². The van der Waals surface area contributed by atoms with E-state index in [1.54, 1.807) is 27.7 Å². The lowest BCUT2D eigenvalue weighted by molar-refractivity contribution is -0.143. The summed E-state index contributed by atoms with van der Waals surface area (Å²) in [5, 5.41) is 55.0. The van der Waals surface area contributed by atoms with Crippen LogP contribution in [0.5, 0.6) is 0 Å². The van der Waals surface area contributed by atoms with Gasteiger partial charge in [-0.25, -0.2) is 14.8 Å². The zero-order chi connectivity index (χ0) is 58.2. The number of aromatic amines is 2. The van der Waals surface area contributed by atoms with E-state index in [1.165, 1.54) is 32.0 Å². The number of aliphatic carboxylic acids is 1. The maximum absolute atomic E-state index is 14.3. The Morgan fingerprint density at radius 2 is 1.04 bits per heavy atom. The molecule has 0 saturated carbocycles. The number of hydrogen-bond acceptors (Lipinski definition) is 16. The van der Waals surface area contributed by atoms with Crippen molar-refractivity contribution in [2.45, 2.75) is 167 Å². The number of imidazole rings is 2. The molecule has 1 saturated heterocycles. The van der Waals surface area contributed by atoms with Gasteiger partial charge < -0.3 is 84.2 Å². The van der Waals surface area contributed by atoms with Crippen molar-refractivity contribution < 1.29 is 68.1 Å². The van der Waals surface area contributed by atoms with Gasteiger partial charge in [0, 0.05) is 43.0 Å². The summed E-state index contributed by atoms with van der Waals surface area (Å²) in [4.78, 5) is 160. The van der Waals surface area contributed by atoms with Crippen molar-refractivity contribution in [1.29, 1.82) is 0 Å². The smallest absolute Gasteiger partial charge is 0.328 e. The van der Waals surface area contributed by atoms with E-state index in [-0.39, 0.29) is 56.3 Å². The van der Waals surface area contributed by atoms with Gasteiger partial charge in [0.25, 0.3) is 0 Å². The van der Waals surface area contributed by atoms with Crippen molar-refractivity contribution in [2.75, 3.05) is 19.8 Å². The number of aromatic nitrogens is 4. The predicted octanol–water partition coefficient (Wildman–Crippen LogP) is -4.47. The molecule has 17 N–H and O–H groups in total. The second kappa shape index (κ2) is 32.3. The van der Waals surface area contributed by atoms with Gasteiger partial charge in [0.15, 0.2) is 0 Å². The molecule has 3 rings (SSSR count). The van der Waals surface area contributed by atoms with Crippen molar-refractivity contribution >= 4 is 65.0 Å². The van der Waals surface area contributed by atoms with Crippen LogP contribution in [-0.4, -0.2) is 180 Å². The highest BCUT2D eigenvalue weighted by atomic mass is 16.4. The number of H-pyrrole nitrogens is 2. The first kappa shape index (κ1) is 64.8. The molecule has 0 bridgehead atoms. The number of rotatable bonds is 34. The number of carboxylic acids is 1. The van der Waals surface area contributed by atoms with Crippen molar-refractivity contribution in [1.82, 2.24) is 73.1 Å². The third-order valence-corrected chi connectivity index (χ3v) is 12.8. The van der Waals surface area contributed by atoms with E-state index >= 15 is 0 Å². The molecule has 0 spiro atoms. The summed E-state index contributed by atoms with van der Waals surface area (Å²) < 4.78 is 0. The first-order valence-electron chi connectivity index (χ1n) is 26.0. The molecule has 2 aromatic rings. The van der Waals surface area contributed by atoms with Crippen molar-refractivity contribution in [3.8, 4) is 0 Å². The SMILES string of the molecule is CC[C@H](C)[C@H](NC(=O)[C@H](Cc1cnc[nH]1)NC(=O)[C@H](Cc1cnc[nH]1)NC(=O)[C@H](CC(C)C)NC(=O)[C@H](CO)NC(=O)[C@H](C)NC(=O)[C@H](CCC(N)=O)NC(=O)[C@H](CC(C)C)NC(=O)[C@@H]1CCCN1)C(=O)N[C@@H](CO)C(=O)O. The predicted molar refractivity (Wildman–Crippen MR) is 277 cm³/mol. The first-order valence-corrected chi connectivity index (χ1v) is 26.0. The molecule has 1 fully saturated rings. The lowest BCUT2D eigenvalue weighted by Crippen LogP contribution is -2.61. The van der Waals surface area contributed by atoms with E-state index in [9.17, 15) is 68.1 Å². The number of nitrogens with one attached hydrogen (secondary N) is 12. The van der Waals surface area contributed by atoms with Gasteiger partial charge in [0.05, 0.1) is 31.9 Å². The third kappa shape index (κ3) is 21.5. The highest BCUT2D eigenvalue weighted by Gasteiger charge is 2.37. The standard InChI is InChI=1S/C49H79N15O14/c1-8-26(6)39(48(76)63-37(21-66)49(77)78)64-46(74)35(17-29-19-52-23-55-29)61-45(73)34(16-28-18-51-22-54-28)60-44(72)33(15-25(4)5)59-47(75)36(20-65)62-40(68)27(7)56-42(70)31(11-12-38(50)67)57-43(71)32(14-24(2)3)58-41(69)30-10-9-13-53-30/h18-19,22-27,30-37,39,53,65-66H,8-17,20-21H2,1-7H3,(H2,50,67)(H,51,54)(H,52,55)(H,56,70)(H,57,71)(H,58,69)(H,59,75)(H,60,72)(H,61,73)(H,62,68)(H,63,76)(H,64,74)(H,77,78)/t26-,27-,30-,31-,32-,33-,34-,35-,36-,37-,39-/m0/s1. The number of aliphatic hydroxyl groups is 2. The third-order valence-electron chi connectivity index (χ3n) is 12.8. The Morgan fingerprint density at radius 3 is 1.49 bits per heavy atom. The zero-order valence-corrected chi connectivity index (χ0v) is 45.1. The summed E-state index contributed by atoms with van der Waals surface area (Å²) in [7, 11) is 0. The van der Waals surface area contributed by atoms with Gasteiger partial charge >= 0.3 is 5.97 Å². The molecular weight excluding hydrogens is 1020 g/mol. The number of hydrogen-bond donors (Lipinski definition) is 16.